The minimum Gasteiger partial charge on any atom is -0.294 e. The van der Waals surface area contributed by atoms with Crippen LogP contribution >= 0.6 is 0 Å². The number of nitrogens with zero attached hydrogens (tertiary/aromatic N) is 2. The van der Waals surface area contributed by atoms with Crippen molar-refractivity contribution in [1.29, 1.82) is 0 Å². The molecule has 0 radical (unpaired) electrons. The van der Waals surface area contributed by atoms with Gasteiger partial charge >= 0.3 is 0 Å². The summed E-state index contributed by atoms with van der Waals surface area (Å²) in [5.41, 5.74) is 1.90. The lowest BCUT2D eigenvalue weighted by Crippen LogP contribution is -2.13. The topological polar surface area (TPSA) is 34.9 Å². The van der Waals surface area contributed by atoms with Crippen LogP contribution in [0.4, 0.5) is 0 Å². The van der Waals surface area contributed by atoms with Gasteiger partial charge in [0.1, 0.15) is 0 Å². The van der Waals surface area contributed by atoms with Gasteiger partial charge in [0, 0.05) is 24.2 Å². The van der Waals surface area contributed by atoms with Crippen molar-refractivity contribution >= 4 is 5.78 Å². The molecule has 3 nitrogen and oxygen atoms in total. The van der Waals surface area contributed by atoms with Gasteiger partial charge < -0.3 is 0 Å². The molecule has 1 unspecified atom stereocenters. The second-order valence-electron chi connectivity index (χ2n) is 4.54. The van der Waals surface area contributed by atoms with Gasteiger partial charge in [0.2, 0.25) is 0 Å². The van der Waals surface area contributed by atoms with Crippen molar-refractivity contribution in [2.24, 2.45) is 5.92 Å². The van der Waals surface area contributed by atoms with E-state index in [2.05, 4.69) is 12.0 Å². The van der Waals surface area contributed by atoms with Crippen LogP contribution in [0.5, 0.6) is 0 Å². The lowest BCUT2D eigenvalue weighted by Gasteiger charge is -2.08. The molecule has 0 fully saturated rings. The van der Waals surface area contributed by atoms with Gasteiger partial charge in [-0.2, -0.15) is 5.10 Å². The average molecular weight is 242 g/mol. The summed E-state index contributed by atoms with van der Waals surface area (Å²) in [6.45, 7) is 4.88. The first-order valence-electron chi connectivity index (χ1n) is 6.31. The first-order chi connectivity index (χ1) is 8.70. The van der Waals surface area contributed by atoms with Crippen molar-refractivity contribution in [3.8, 4) is 0 Å². The number of aryl methyl sites for hydroxylation is 1. The van der Waals surface area contributed by atoms with Crippen LogP contribution < -0.4 is 0 Å². The minimum atomic E-state index is -0.0121. The molecule has 0 aliphatic rings. The van der Waals surface area contributed by atoms with Crippen molar-refractivity contribution in [2.45, 2.75) is 26.8 Å². The Balaban J connectivity index is 2.03. The Labute approximate surface area is 107 Å². The highest BCUT2D eigenvalue weighted by atomic mass is 16.1. The van der Waals surface area contributed by atoms with Gasteiger partial charge in [-0.25, -0.2) is 0 Å². The molecule has 1 aromatic heterocycles. The summed E-state index contributed by atoms with van der Waals surface area (Å²) in [7, 11) is 0. The number of hydrogen-bond donors (Lipinski definition) is 0. The number of hydrogen-bond acceptors (Lipinski definition) is 2. The first kappa shape index (κ1) is 12.6. The summed E-state index contributed by atoms with van der Waals surface area (Å²) < 4.78 is 1.88. The predicted octanol–water partition coefficient (Wildman–Crippen LogP) is 2.96. The van der Waals surface area contributed by atoms with Crippen LogP contribution in [0.15, 0.2) is 42.7 Å². The standard InChI is InChI=1S/C15H18N2O/c1-3-17-11-13(10-16-17)9-12(2)15(18)14-7-5-4-6-8-14/h4-8,10-12H,3,9H2,1-2H3. The minimum absolute atomic E-state index is 0.0121. The Hall–Kier alpha value is -1.90. The maximum absolute atomic E-state index is 12.2. The van der Waals surface area contributed by atoms with Crippen LogP contribution in [0.25, 0.3) is 0 Å². The highest BCUT2D eigenvalue weighted by molar-refractivity contribution is 5.97. The van der Waals surface area contributed by atoms with E-state index in [0.29, 0.717) is 0 Å². The number of aromatic nitrogens is 2. The Bertz CT molecular complexity index is 516. The third kappa shape index (κ3) is 2.86. The van der Waals surface area contributed by atoms with Crippen LogP contribution in [0.1, 0.15) is 29.8 Å². The zero-order valence-electron chi connectivity index (χ0n) is 10.8. The Morgan fingerprint density at radius 2 is 2.06 bits per heavy atom. The molecule has 0 N–H and O–H groups in total. The molecule has 0 aliphatic heterocycles. The van der Waals surface area contributed by atoms with Gasteiger partial charge in [-0.1, -0.05) is 37.3 Å². The van der Waals surface area contributed by atoms with Gasteiger partial charge in [-0.3, -0.25) is 9.48 Å². The second kappa shape index (κ2) is 5.63. The molecule has 2 rings (SSSR count). The number of carbonyl (C=O) groups excluding carboxylic acids is 1. The van der Waals surface area contributed by atoms with E-state index in [-0.39, 0.29) is 11.7 Å². The molecule has 0 saturated carbocycles. The molecule has 1 aromatic carbocycles. The van der Waals surface area contributed by atoms with Crippen LogP contribution in [0.3, 0.4) is 0 Å². The maximum Gasteiger partial charge on any atom is 0.165 e. The molecule has 0 aliphatic carbocycles. The lowest BCUT2D eigenvalue weighted by molar-refractivity contribution is 0.0929. The van der Waals surface area contributed by atoms with E-state index in [0.717, 1.165) is 24.1 Å². The van der Waals surface area contributed by atoms with E-state index in [1.54, 1.807) is 0 Å². The molecule has 18 heavy (non-hydrogen) atoms. The van der Waals surface area contributed by atoms with Gasteiger partial charge in [-0.05, 0) is 18.9 Å². The third-order valence-electron chi connectivity index (χ3n) is 3.06. The summed E-state index contributed by atoms with van der Waals surface area (Å²) in [4.78, 5) is 12.2. The monoisotopic (exact) mass is 242 g/mol. The number of benzene rings is 1. The molecule has 0 bridgehead atoms. The molecule has 3 heteroatoms. The molecular formula is C15H18N2O. The number of ketones is 1. The van der Waals surface area contributed by atoms with E-state index in [1.807, 2.05) is 54.3 Å². The largest absolute Gasteiger partial charge is 0.294 e. The van der Waals surface area contributed by atoms with Crippen molar-refractivity contribution in [2.75, 3.05) is 0 Å². The van der Waals surface area contributed by atoms with E-state index >= 15 is 0 Å². The van der Waals surface area contributed by atoms with Crippen molar-refractivity contribution in [3.05, 3.63) is 53.9 Å². The fraction of sp³-hybridized carbons (Fsp3) is 0.333. The second-order valence-corrected chi connectivity index (χ2v) is 4.54. The van der Waals surface area contributed by atoms with Crippen LogP contribution in [-0.2, 0) is 13.0 Å². The van der Waals surface area contributed by atoms with Crippen LogP contribution in [-0.4, -0.2) is 15.6 Å². The van der Waals surface area contributed by atoms with Gasteiger partial charge in [0.25, 0.3) is 0 Å². The SMILES string of the molecule is CCn1cc(CC(C)C(=O)c2ccccc2)cn1. The zero-order chi connectivity index (χ0) is 13.0. The fourth-order valence-electron chi connectivity index (χ4n) is 2.02. The molecule has 1 atom stereocenters. The molecule has 0 spiro atoms. The van der Waals surface area contributed by atoms with E-state index in [9.17, 15) is 4.79 Å². The van der Waals surface area contributed by atoms with E-state index < -0.39 is 0 Å². The zero-order valence-corrected chi connectivity index (χ0v) is 10.8. The summed E-state index contributed by atoms with van der Waals surface area (Å²) >= 11 is 0. The summed E-state index contributed by atoms with van der Waals surface area (Å²) in [6.07, 6.45) is 4.60. The van der Waals surface area contributed by atoms with Crippen molar-refractivity contribution in [3.63, 3.8) is 0 Å². The highest BCUT2D eigenvalue weighted by Gasteiger charge is 2.15. The van der Waals surface area contributed by atoms with Crippen LogP contribution in [0.2, 0.25) is 0 Å². The van der Waals surface area contributed by atoms with Crippen LogP contribution in [0, 0.1) is 5.92 Å². The first-order valence-corrected chi connectivity index (χ1v) is 6.31. The Morgan fingerprint density at radius 1 is 1.33 bits per heavy atom. The smallest absolute Gasteiger partial charge is 0.165 e. The quantitative estimate of drug-likeness (QED) is 0.755. The number of carbonyl (C=O) groups is 1. The molecule has 1 heterocycles. The number of rotatable bonds is 5. The summed E-state index contributed by atoms with van der Waals surface area (Å²) in [5, 5.41) is 4.23. The normalized spacial score (nSPS) is 12.3. The molecule has 94 valence electrons. The van der Waals surface area contributed by atoms with Gasteiger partial charge in [0.05, 0.1) is 6.20 Å². The summed E-state index contributed by atoms with van der Waals surface area (Å²) in [6, 6.07) is 9.46. The van der Waals surface area contributed by atoms with E-state index in [1.165, 1.54) is 0 Å². The number of Topliss-reactive ketones (excluding diaryl/α,β-unsaturated/α-hetero) is 1. The van der Waals surface area contributed by atoms with E-state index in [4.69, 9.17) is 0 Å². The maximum atomic E-state index is 12.2. The summed E-state index contributed by atoms with van der Waals surface area (Å²) in [5.74, 6) is 0.182. The molecule has 0 saturated heterocycles. The van der Waals surface area contributed by atoms with Crippen molar-refractivity contribution < 1.29 is 4.79 Å². The molecule has 2 aromatic rings. The van der Waals surface area contributed by atoms with Gasteiger partial charge in [0.15, 0.2) is 5.78 Å². The Kier molecular flexibility index (Phi) is 3.92. The fourth-order valence-corrected chi connectivity index (χ4v) is 2.02. The predicted molar refractivity (Wildman–Crippen MR) is 71.5 cm³/mol. The highest BCUT2D eigenvalue weighted by Crippen LogP contribution is 2.14. The molecule has 0 amide bonds. The average Bonchev–Trinajstić information content (AvgIpc) is 2.86. The third-order valence-corrected chi connectivity index (χ3v) is 3.06. The van der Waals surface area contributed by atoms with Gasteiger partial charge in [-0.15, -0.1) is 0 Å². The Morgan fingerprint density at radius 3 is 2.67 bits per heavy atom. The molecular weight excluding hydrogens is 224 g/mol. The van der Waals surface area contributed by atoms with Crippen molar-refractivity contribution in [1.82, 2.24) is 9.78 Å². The lowest BCUT2D eigenvalue weighted by atomic mass is 9.94.